The van der Waals surface area contributed by atoms with Gasteiger partial charge < -0.3 is 20.1 Å². The smallest absolute Gasteiger partial charge is 0.219 e. The Hall–Kier alpha value is -2.40. The van der Waals surface area contributed by atoms with Crippen LogP contribution in [0.15, 0.2) is 53.8 Å². The third-order valence-electron chi connectivity index (χ3n) is 4.06. The number of benzene rings is 1. The predicted octanol–water partition coefficient (Wildman–Crippen LogP) is 4.17. The van der Waals surface area contributed by atoms with E-state index in [4.69, 9.17) is 9.47 Å². The molecule has 3 rings (SSSR count). The molecule has 7 nitrogen and oxygen atoms in total. The maximum Gasteiger partial charge on any atom is 0.219 e. The van der Waals surface area contributed by atoms with Crippen molar-refractivity contribution in [1.29, 1.82) is 0 Å². The number of rotatable bonds is 8. The van der Waals surface area contributed by atoms with Crippen LogP contribution in [0.1, 0.15) is 15.4 Å². The topological polar surface area (TPSA) is 80.7 Å². The first-order valence-corrected chi connectivity index (χ1v) is 10.1. The van der Waals surface area contributed by atoms with E-state index in [1.54, 1.807) is 31.7 Å². The molecule has 1 aromatic carbocycles. The molecule has 0 aliphatic rings. The first kappa shape index (κ1) is 23.9. The molecule has 9 heteroatoms. The van der Waals surface area contributed by atoms with Crippen LogP contribution in [0.5, 0.6) is 17.4 Å². The zero-order valence-corrected chi connectivity index (χ0v) is 20.4. The van der Waals surface area contributed by atoms with Crippen LogP contribution in [0, 0.1) is 6.92 Å². The van der Waals surface area contributed by atoms with Gasteiger partial charge in [0.2, 0.25) is 5.88 Å². The third-order valence-corrected chi connectivity index (χ3v) is 5.04. The van der Waals surface area contributed by atoms with E-state index in [1.807, 2.05) is 42.6 Å². The highest BCUT2D eigenvalue weighted by Gasteiger charge is 2.03. The maximum absolute atomic E-state index is 5.75. The van der Waals surface area contributed by atoms with Crippen LogP contribution in [0.2, 0.25) is 0 Å². The van der Waals surface area contributed by atoms with Crippen LogP contribution < -0.4 is 20.1 Å². The second-order valence-corrected chi connectivity index (χ2v) is 7.57. The van der Waals surface area contributed by atoms with Crippen molar-refractivity contribution in [3.8, 4) is 17.4 Å². The summed E-state index contributed by atoms with van der Waals surface area (Å²) in [6.45, 7) is 3.46. The van der Waals surface area contributed by atoms with Crippen molar-refractivity contribution in [3.63, 3.8) is 0 Å². The highest BCUT2D eigenvalue weighted by Crippen LogP contribution is 2.22. The minimum atomic E-state index is 0. The second kappa shape index (κ2) is 12.3. The van der Waals surface area contributed by atoms with Gasteiger partial charge in [-0.1, -0.05) is 6.07 Å². The van der Waals surface area contributed by atoms with E-state index >= 15 is 0 Å². The molecule has 0 amide bonds. The second-order valence-electron chi connectivity index (χ2n) is 6.25. The van der Waals surface area contributed by atoms with Crippen molar-refractivity contribution in [1.82, 2.24) is 20.6 Å². The van der Waals surface area contributed by atoms with Crippen LogP contribution in [-0.2, 0) is 13.0 Å². The minimum absolute atomic E-state index is 0. The van der Waals surface area contributed by atoms with E-state index in [0.29, 0.717) is 18.2 Å². The fraction of sp³-hybridized carbons (Fsp3) is 0.286. The lowest BCUT2D eigenvalue weighted by atomic mass is 10.3. The van der Waals surface area contributed by atoms with Gasteiger partial charge in [0.25, 0.3) is 0 Å². The Morgan fingerprint density at radius 1 is 1.03 bits per heavy atom. The number of hydrogen-bond acceptors (Lipinski definition) is 6. The van der Waals surface area contributed by atoms with Crippen LogP contribution >= 0.6 is 35.3 Å². The molecule has 0 bridgehead atoms. The Labute approximate surface area is 198 Å². The van der Waals surface area contributed by atoms with Crippen molar-refractivity contribution in [2.75, 3.05) is 20.7 Å². The van der Waals surface area contributed by atoms with E-state index in [1.165, 1.54) is 4.88 Å². The highest BCUT2D eigenvalue weighted by molar-refractivity contribution is 14.0. The summed E-state index contributed by atoms with van der Waals surface area (Å²) in [6.07, 6.45) is 4.57. The van der Waals surface area contributed by atoms with Gasteiger partial charge in [-0.15, -0.1) is 35.3 Å². The molecule has 0 unspecified atom stereocenters. The minimum Gasteiger partial charge on any atom is -0.497 e. The molecule has 0 spiro atoms. The average molecular weight is 539 g/mol. The van der Waals surface area contributed by atoms with Crippen LogP contribution in [0.3, 0.4) is 0 Å². The summed E-state index contributed by atoms with van der Waals surface area (Å²) in [7, 11) is 3.39. The van der Waals surface area contributed by atoms with E-state index in [9.17, 15) is 0 Å². The van der Waals surface area contributed by atoms with Crippen LogP contribution in [-0.4, -0.2) is 36.6 Å². The Morgan fingerprint density at radius 3 is 2.40 bits per heavy atom. The number of halogens is 1. The fourth-order valence-corrected chi connectivity index (χ4v) is 3.34. The van der Waals surface area contributed by atoms with Gasteiger partial charge in [-0.05, 0) is 36.8 Å². The summed E-state index contributed by atoms with van der Waals surface area (Å²) in [5.74, 6) is 2.79. The molecule has 0 aliphatic heterocycles. The molecular formula is C21H26IN5O2S. The quantitative estimate of drug-likeness (QED) is 0.254. The number of aliphatic imine (C=N–C) groups is 1. The number of ether oxygens (including phenoxy) is 2. The SMILES string of the molecule is CN=C(NCCc1ncc(C)s1)NCc1ccc(Oc2ccc(OC)cc2)nc1.I. The van der Waals surface area contributed by atoms with Crippen molar-refractivity contribution < 1.29 is 9.47 Å². The Morgan fingerprint density at radius 2 is 1.80 bits per heavy atom. The van der Waals surface area contributed by atoms with Crippen molar-refractivity contribution >= 4 is 41.3 Å². The summed E-state index contributed by atoms with van der Waals surface area (Å²) in [4.78, 5) is 14.2. The molecule has 3 aromatic rings. The molecule has 2 heterocycles. The monoisotopic (exact) mass is 539 g/mol. The van der Waals surface area contributed by atoms with Crippen LogP contribution in [0.4, 0.5) is 0 Å². The zero-order valence-electron chi connectivity index (χ0n) is 17.2. The number of aromatic nitrogens is 2. The number of hydrogen-bond donors (Lipinski definition) is 2. The highest BCUT2D eigenvalue weighted by atomic mass is 127. The Kier molecular flexibility index (Phi) is 9.81. The molecule has 2 aromatic heterocycles. The molecule has 0 atom stereocenters. The summed E-state index contributed by atoms with van der Waals surface area (Å²) >= 11 is 1.72. The summed E-state index contributed by atoms with van der Waals surface area (Å²) in [5, 5.41) is 7.71. The molecule has 30 heavy (non-hydrogen) atoms. The normalized spacial score (nSPS) is 10.8. The predicted molar refractivity (Wildman–Crippen MR) is 131 cm³/mol. The van der Waals surface area contributed by atoms with Gasteiger partial charge in [-0.25, -0.2) is 9.97 Å². The molecule has 0 saturated heterocycles. The van der Waals surface area contributed by atoms with Crippen molar-refractivity contribution in [2.45, 2.75) is 19.9 Å². The van der Waals surface area contributed by atoms with Gasteiger partial charge in [0, 0.05) is 49.9 Å². The van der Waals surface area contributed by atoms with E-state index in [0.717, 1.165) is 35.2 Å². The molecule has 2 N–H and O–H groups in total. The Bertz CT molecular complexity index is 929. The van der Waals surface area contributed by atoms with Gasteiger partial charge in [0.1, 0.15) is 11.5 Å². The zero-order chi connectivity index (χ0) is 20.5. The molecule has 160 valence electrons. The molecule has 0 saturated carbocycles. The lowest BCUT2D eigenvalue weighted by Crippen LogP contribution is -2.37. The lowest BCUT2D eigenvalue weighted by molar-refractivity contribution is 0.412. The van der Waals surface area contributed by atoms with Gasteiger partial charge in [0.15, 0.2) is 5.96 Å². The first-order valence-electron chi connectivity index (χ1n) is 9.29. The maximum atomic E-state index is 5.75. The number of guanidine groups is 1. The van der Waals surface area contributed by atoms with Crippen LogP contribution in [0.25, 0.3) is 0 Å². The van der Waals surface area contributed by atoms with Gasteiger partial charge in [0.05, 0.1) is 12.1 Å². The molecule has 0 aliphatic carbocycles. The van der Waals surface area contributed by atoms with E-state index in [2.05, 4.69) is 32.5 Å². The number of methoxy groups -OCH3 is 1. The largest absolute Gasteiger partial charge is 0.497 e. The summed E-state index contributed by atoms with van der Waals surface area (Å²) in [6, 6.07) is 11.2. The number of nitrogens with zero attached hydrogens (tertiary/aromatic N) is 3. The van der Waals surface area contributed by atoms with Crippen molar-refractivity contribution in [3.05, 3.63) is 64.2 Å². The third kappa shape index (κ3) is 7.45. The Balaban J connectivity index is 0.00000320. The summed E-state index contributed by atoms with van der Waals surface area (Å²) in [5.41, 5.74) is 1.03. The molecular weight excluding hydrogens is 513 g/mol. The standard InChI is InChI=1S/C21H25N5O2S.HI/c1-15-12-25-20(29-15)10-11-23-21(22-2)26-14-16-4-9-19(24-13-16)28-18-7-5-17(27-3)6-8-18;/h4-9,12-13H,10-11,14H2,1-3H3,(H2,22,23,26);1H. The molecule has 0 radical (unpaired) electrons. The number of nitrogens with one attached hydrogen (secondary N) is 2. The van der Waals surface area contributed by atoms with Gasteiger partial charge >= 0.3 is 0 Å². The van der Waals surface area contributed by atoms with Crippen molar-refractivity contribution in [2.24, 2.45) is 4.99 Å². The number of pyridine rings is 1. The average Bonchev–Trinajstić information content (AvgIpc) is 3.17. The van der Waals surface area contributed by atoms with E-state index < -0.39 is 0 Å². The molecule has 0 fully saturated rings. The lowest BCUT2D eigenvalue weighted by Gasteiger charge is -2.11. The van der Waals surface area contributed by atoms with E-state index in [-0.39, 0.29) is 24.0 Å². The number of thiazole rings is 1. The fourth-order valence-electron chi connectivity index (χ4n) is 2.55. The number of aryl methyl sites for hydroxylation is 1. The summed E-state index contributed by atoms with van der Waals surface area (Å²) < 4.78 is 10.9. The first-order chi connectivity index (χ1) is 14.2. The van der Waals surface area contributed by atoms with Gasteiger partial charge in [-0.2, -0.15) is 0 Å². The van der Waals surface area contributed by atoms with Gasteiger partial charge in [-0.3, -0.25) is 4.99 Å².